The molecular formula is C14H17NO3. The quantitative estimate of drug-likeness (QED) is 0.740. The van der Waals surface area contributed by atoms with Crippen LogP contribution >= 0.6 is 0 Å². The lowest BCUT2D eigenvalue weighted by Gasteiger charge is -2.17. The Morgan fingerprint density at radius 3 is 2.83 bits per heavy atom. The molecule has 4 nitrogen and oxygen atoms in total. The molecular weight excluding hydrogens is 230 g/mol. The van der Waals surface area contributed by atoms with Crippen molar-refractivity contribution in [1.82, 2.24) is 4.90 Å². The summed E-state index contributed by atoms with van der Waals surface area (Å²) in [6.45, 7) is 3.11. The number of carboxylic acids is 1. The fourth-order valence-corrected chi connectivity index (χ4v) is 1.54. The summed E-state index contributed by atoms with van der Waals surface area (Å²) in [5.74, 6) is 2.37. The number of rotatable bonds is 7. The predicted molar refractivity (Wildman–Crippen MR) is 69.6 cm³/mol. The first-order chi connectivity index (χ1) is 8.63. The van der Waals surface area contributed by atoms with E-state index >= 15 is 0 Å². The van der Waals surface area contributed by atoms with Gasteiger partial charge in [-0.05, 0) is 18.6 Å². The molecule has 0 amide bonds. The summed E-state index contributed by atoms with van der Waals surface area (Å²) in [5, 5.41) is 8.72. The fourth-order valence-electron chi connectivity index (χ4n) is 1.54. The smallest absolute Gasteiger partial charge is 0.317 e. The van der Waals surface area contributed by atoms with Gasteiger partial charge in [0, 0.05) is 6.54 Å². The first-order valence-electron chi connectivity index (χ1n) is 5.69. The molecule has 0 unspecified atom stereocenters. The Morgan fingerprint density at radius 2 is 2.22 bits per heavy atom. The van der Waals surface area contributed by atoms with Gasteiger partial charge < -0.3 is 9.84 Å². The number of nitrogens with zero attached hydrogens (tertiary/aromatic N) is 1. The molecule has 4 heteroatoms. The summed E-state index contributed by atoms with van der Waals surface area (Å²) >= 11 is 0. The molecule has 0 fully saturated rings. The molecule has 0 heterocycles. The van der Waals surface area contributed by atoms with Crippen LogP contribution in [0.25, 0.3) is 0 Å². The number of carbonyl (C=O) groups is 1. The summed E-state index contributed by atoms with van der Waals surface area (Å²) in [5.41, 5.74) is 1.05. The average Bonchev–Trinajstić information content (AvgIpc) is 2.31. The van der Waals surface area contributed by atoms with Gasteiger partial charge in [-0.15, -0.1) is 6.42 Å². The maximum Gasteiger partial charge on any atom is 0.317 e. The van der Waals surface area contributed by atoms with E-state index in [2.05, 4.69) is 5.92 Å². The van der Waals surface area contributed by atoms with Crippen LogP contribution in [0.1, 0.15) is 5.56 Å². The minimum absolute atomic E-state index is 0.0681. The Balaban J connectivity index is 2.41. The molecule has 0 spiro atoms. The number of terminal acetylenes is 1. The van der Waals surface area contributed by atoms with E-state index < -0.39 is 5.97 Å². The van der Waals surface area contributed by atoms with Gasteiger partial charge in [-0.2, -0.15) is 0 Å². The average molecular weight is 247 g/mol. The molecule has 18 heavy (non-hydrogen) atoms. The molecule has 0 radical (unpaired) electrons. The summed E-state index contributed by atoms with van der Waals surface area (Å²) in [7, 11) is 0. The Morgan fingerprint density at radius 1 is 1.50 bits per heavy atom. The predicted octanol–water partition coefficient (Wildman–Crippen LogP) is 1.39. The fraction of sp³-hybridized carbons (Fsp3) is 0.357. The highest BCUT2D eigenvalue weighted by atomic mass is 16.5. The normalized spacial score (nSPS) is 10.1. The minimum Gasteiger partial charge on any atom is -0.492 e. The third-order valence-corrected chi connectivity index (χ3v) is 2.43. The largest absolute Gasteiger partial charge is 0.492 e. The van der Waals surface area contributed by atoms with Gasteiger partial charge in [0.2, 0.25) is 0 Å². The van der Waals surface area contributed by atoms with Crippen molar-refractivity contribution >= 4 is 5.97 Å². The van der Waals surface area contributed by atoms with E-state index in [0.717, 1.165) is 11.3 Å². The van der Waals surface area contributed by atoms with E-state index in [1.807, 2.05) is 31.2 Å². The first-order valence-corrected chi connectivity index (χ1v) is 5.69. The molecule has 0 saturated heterocycles. The van der Waals surface area contributed by atoms with E-state index in [-0.39, 0.29) is 6.54 Å². The van der Waals surface area contributed by atoms with E-state index in [0.29, 0.717) is 19.7 Å². The van der Waals surface area contributed by atoms with Gasteiger partial charge in [-0.3, -0.25) is 9.69 Å². The number of benzene rings is 1. The van der Waals surface area contributed by atoms with Gasteiger partial charge in [0.15, 0.2) is 0 Å². The number of hydrogen-bond donors (Lipinski definition) is 1. The van der Waals surface area contributed by atoms with E-state index in [1.54, 1.807) is 4.90 Å². The summed E-state index contributed by atoms with van der Waals surface area (Å²) < 4.78 is 5.59. The molecule has 0 aliphatic heterocycles. The Labute approximate surface area is 107 Å². The molecule has 1 rings (SSSR count). The monoisotopic (exact) mass is 247 g/mol. The second kappa shape index (κ2) is 7.36. The molecule has 0 aliphatic carbocycles. The summed E-state index contributed by atoms with van der Waals surface area (Å²) in [6, 6.07) is 7.69. The van der Waals surface area contributed by atoms with Crippen LogP contribution in [0.2, 0.25) is 0 Å². The summed E-state index contributed by atoms with van der Waals surface area (Å²) in [6.07, 6.45) is 5.19. The molecule has 1 aromatic rings. The van der Waals surface area contributed by atoms with Crippen LogP contribution in [0.4, 0.5) is 0 Å². The number of para-hydroxylation sites is 1. The molecule has 0 aromatic heterocycles. The maximum atomic E-state index is 10.6. The van der Waals surface area contributed by atoms with Gasteiger partial charge in [-0.1, -0.05) is 24.1 Å². The zero-order valence-corrected chi connectivity index (χ0v) is 10.4. The van der Waals surface area contributed by atoms with Crippen molar-refractivity contribution in [1.29, 1.82) is 0 Å². The van der Waals surface area contributed by atoms with Crippen LogP contribution in [0.3, 0.4) is 0 Å². The number of ether oxygens (including phenoxy) is 1. The van der Waals surface area contributed by atoms with Gasteiger partial charge in [0.05, 0.1) is 13.1 Å². The third-order valence-electron chi connectivity index (χ3n) is 2.43. The molecule has 1 N–H and O–H groups in total. The minimum atomic E-state index is -0.888. The first kappa shape index (κ1) is 14.1. The van der Waals surface area contributed by atoms with Crippen LogP contribution < -0.4 is 4.74 Å². The van der Waals surface area contributed by atoms with Crippen LogP contribution in [-0.4, -0.2) is 42.2 Å². The van der Waals surface area contributed by atoms with Crippen molar-refractivity contribution in [2.75, 3.05) is 26.2 Å². The maximum absolute atomic E-state index is 10.6. The highest BCUT2D eigenvalue weighted by molar-refractivity contribution is 5.69. The van der Waals surface area contributed by atoms with E-state index in [4.69, 9.17) is 16.3 Å². The van der Waals surface area contributed by atoms with Gasteiger partial charge >= 0.3 is 5.97 Å². The topological polar surface area (TPSA) is 49.8 Å². The van der Waals surface area contributed by atoms with Crippen molar-refractivity contribution in [2.24, 2.45) is 0 Å². The second-order valence-corrected chi connectivity index (χ2v) is 3.92. The Kier molecular flexibility index (Phi) is 5.75. The van der Waals surface area contributed by atoms with Crippen molar-refractivity contribution in [3.8, 4) is 18.1 Å². The van der Waals surface area contributed by atoms with Crippen LogP contribution in [0, 0.1) is 19.3 Å². The van der Waals surface area contributed by atoms with Crippen molar-refractivity contribution in [3.63, 3.8) is 0 Å². The molecule has 0 saturated carbocycles. The lowest BCUT2D eigenvalue weighted by atomic mass is 10.2. The zero-order chi connectivity index (χ0) is 13.4. The van der Waals surface area contributed by atoms with Gasteiger partial charge in [-0.25, -0.2) is 0 Å². The van der Waals surface area contributed by atoms with Crippen molar-refractivity contribution in [3.05, 3.63) is 29.8 Å². The van der Waals surface area contributed by atoms with Crippen LogP contribution in [0.15, 0.2) is 24.3 Å². The molecule has 0 aliphatic rings. The van der Waals surface area contributed by atoms with Crippen LogP contribution in [0.5, 0.6) is 5.75 Å². The van der Waals surface area contributed by atoms with E-state index in [1.165, 1.54) is 0 Å². The van der Waals surface area contributed by atoms with Gasteiger partial charge in [0.1, 0.15) is 12.4 Å². The molecule has 1 aromatic carbocycles. The second-order valence-electron chi connectivity index (χ2n) is 3.92. The Hall–Kier alpha value is -1.99. The number of hydrogen-bond acceptors (Lipinski definition) is 3. The summed E-state index contributed by atoms with van der Waals surface area (Å²) in [4.78, 5) is 12.3. The van der Waals surface area contributed by atoms with E-state index in [9.17, 15) is 4.79 Å². The molecule has 0 atom stereocenters. The lowest BCUT2D eigenvalue weighted by Crippen LogP contribution is -2.33. The van der Waals surface area contributed by atoms with Crippen molar-refractivity contribution < 1.29 is 14.6 Å². The number of aliphatic carboxylic acids is 1. The zero-order valence-electron chi connectivity index (χ0n) is 10.4. The SMILES string of the molecule is C#CCN(CCOc1ccccc1C)CC(=O)O. The standard InChI is InChI=1S/C14H17NO3/c1-3-8-15(11-14(16)17)9-10-18-13-7-5-4-6-12(13)2/h1,4-7H,8-11H2,2H3,(H,16,17). The third kappa shape index (κ3) is 4.89. The van der Waals surface area contributed by atoms with Crippen molar-refractivity contribution in [2.45, 2.75) is 6.92 Å². The number of aryl methyl sites for hydroxylation is 1. The number of carboxylic acid groups (broad SMARTS) is 1. The Bertz CT molecular complexity index is 437. The highest BCUT2D eigenvalue weighted by Crippen LogP contribution is 2.15. The lowest BCUT2D eigenvalue weighted by molar-refractivity contribution is -0.138. The molecule has 0 bridgehead atoms. The van der Waals surface area contributed by atoms with Gasteiger partial charge in [0.25, 0.3) is 0 Å². The van der Waals surface area contributed by atoms with Crippen LogP contribution in [-0.2, 0) is 4.79 Å². The highest BCUT2D eigenvalue weighted by Gasteiger charge is 2.08. The molecule has 96 valence electrons.